The van der Waals surface area contributed by atoms with Crippen molar-refractivity contribution in [3.05, 3.63) is 80.8 Å². The van der Waals surface area contributed by atoms with E-state index in [2.05, 4.69) is 15.4 Å². The summed E-state index contributed by atoms with van der Waals surface area (Å²) in [6.07, 6.45) is -3.34. The number of hydrogen-bond acceptors (Lipinski definition) is 6. The van der Waals surface area contributed by atoms with E-state index < -0.39 is 35.6 Å². The SMILES string of the molecule is Cn1cc(-c2c(-c3ccccc3)nc(N)n3c(=O)n(CC4=C(C(F)(F)F)C(=O)N4)nc23)ccc1=O. The summed E-state index contributed by atoms with van der Waals surface area (Å²) in [6, 6.07) is 11.7. The molecule has 0 radical (unpaired) electrons. The molecule has 13 heteroatoms. The summed E-state index contributed by atoms with van der Waals surface area (Å²) in [5.41, 5.74) is 4.98. The molecule has 0 saturated heterocycles. The van der Waals surface area contributed by atoms with Gasteiger partial charge in [-0.25, -0.2) is 18.9 Å². The van der Waals surface area contributed by atoms with Crippen molar-refractivity contribution in [2.45, 2.75) is 12.7 Å². The molecule has 0 unspecified atom stereocenters. The smallest absolute Gasteiger partial charge is 0.369 e. The number of aryl methyl sites for hydroxylation is 1. The Balaban J connectivity index is 1.79. The third-order valence-electron chi connectivity index (χ3n) is 5.56. The van der Waals surface area contributed by atoms with Crippen molar-refractivity contribution in [1.29, 1.82) is 0 Å². The van der Waals surface area contributed by atoms with E-state index in [1.165, 1.54) is 22.9 Å². The molecule has 1 aromatic carbocycles. The predicted octanol–water partition coefficient (Wildman–Crippen LogP) is 1.45. The third-order valence-corrected chi connectivity index (χ3v) is 5.56. The molecule has 1 aliphatic heterocycles. The molecule has 3 aromatic heterocycles. The number of carbonyl (C=O) groups is 1. The highest BCUT2D eigenvalue weighted by atomic mass is 19.4. The minimum absolute atomic E-state index is 0.0276. The van der Waals surface area contributed by atoms with Crippen LogP contribution in [0.25, 0.3) is 28.0 Å². The van der Waals surface area contributed by atoms with E-state index in [1.54, 1.807) is 37.4 Å². The molecule has 0 aliphatic carbocycles. The van der Waals surface area contributed by atoms with Crippen LogP contribution >= 0.6 is 0 Å². The van der Waals surface area contributed by atoms with Crippen LogP contribution < -0.4 is 22.3 Å². The Kier molecular flexibility index (Phi) is 4.86. The topological polar surface area (TPSA) is 129 Å². The van der Waals surface area contributed by atoms with Gasteiger partial charge in [0.2, 0.25) is 11.5 Å². The molecule has 3 N–H and O–H groups in total. The van der Waals surface area contributed by atoms with Crippen molar-refractivity contribution in [3.8, 4) is 22.4 Å². The summed E-state index contributed by atoms with van der Waals surface area (Å²) in [4.78, 5) is 40.9. The van der Waals surface area contributed by atoms with Gasteiger partial charge >= 0.3 is 11.9 Å². The molecule has 5 rings (SSSR count). The molecule has 4 heterocycles. The number of nitrogens with zero attached hydrogens (tertiary/aromatic N) is 5. The van der Waals surface area contributed by atoms with Gasteiger partial charge < -0.3 is 15.6 Å². The van der Waals surface area contributed by atoms with Gasteiger partial charge in [0, 0.05) is 30.4 Å². The maximum absolute atomic E-state index is 13.2. The van der Waals surface area contributed by atoms with E-state index >= 15 is 0 Å². The van der Waals surface area contributed by atoms with Crippen molar-refractivity contribution in [2.24, 2.45) is 7.05 Å². The lowest BCUT2D eigenvalue weighted by Gasteiger charge is -2.25. The zero-order valence-electron chi connectivity index (χ0n) is 18.0. The minimum Gasteiger partial charge on any atom is -0.369 e. The van der Waals surface area contributed by atoms with Gasteiger partial charge in [-0.15, -0.1) is 5.10 Å². The Hall–Kier alpha value is -4.68. The summed E-state index contributed by atoms with van der Waals surface area (Å²) in [6.45, 7) is -0.631. The van der Waals surface area contributed by atoms with Gasteiger partial charge in [-0.2, -0.15) is 13.2 Å². The lowest BCUT2D eigenvalue weighted by molar-refractivity contribution is -0.135. The maximum atomic E-state index is 13.2. The number of pyridine rings is 1. The largest absolute Gasteiger partial charge is 0.423 e. The quantitative estimate of drug-likeness (QED) is 0.452. The molecule has 10 nitrogen and oxygen atoms in total. The zero-order chi connectivity index (χ0) is 25.1. The monoisotopic (exact) mass is 483 g/mol. The highest BCUT2D eigenvalue weighted by Gasteiger charge is 2.47. The van der Waals surface area contributed by atoms with Crippen molar-refractivity contribution in [2.75, 3.05) is 5.73 Å². The summed E-state index contributed by atoms with van der Waals surface area (Å²) >= 11 is 0. The van der Waals surface area contributed by atoms with Gasteiger partial charge in [0.05, 0.1) is 23.5 Å². The number of carbonyl (C=O) groups excluding carboxylic acids is 1. The Bertz CT molecular complexity index is 1660. The molecule has 0 spiro atoms. The number of alkyl halides is 3. The Labute approximate surface area is 193 Å². The molecule has 1 aliphatic rings. The first kappa shape index (κ1) is 22.1. The first-order chi connectivity index (χ1) is 16.6. The van der Waals surface area contributed by atoms with Crippen LogP contribution in [0.4, 0.5) is 19.1 Å². The highest BCUT2D eigenvalue weighted by molar-refractivity contribution is 6.03. The molecule has 0 bridgehead atoms. The van der Waals surface area contributed by atoms with Crippen molar-refractivity contribution in [1.82, 2.24) is 29.0 Å². The Morgan fingerprint density at radius 2 is 1.74 bits per heavy atom. The van der Waals surface area contributed by atoms with Gasteiger partial charge in [-0.05, 0) is 6.07 Å². The summed E-state index contributed by atoms with van der Waals surface area (Å²) in [7, 11) is 1.55. The van der Waals surface area contributed by atoms with E-state index in [1.807, 2.05) is 0 Å². The van der Waals surface area contributed by atoms with Crippen molar-refractivity contribution >= 4 is 17.5 Å². The third kappa shape index (κ3) is 3.57. The number of allylic oxidation sites excluding steroid dienone is 1. The van der Waals surface area contributed by atoms with E-state index in [4.69, 9.17) is 5.73 Å². The average Bonchev–Trinajstić information content (AvgIpc) is 3.11. The van der Waals surface area contributed by atoms with Gasteiger partial charge in [-0.1, -0.05) is 30.3 Å². The first-order valence-corrected chi connectivity index (χ1v) is 10.2. The first-order valence-electron chi connectivity index (χ1n) is 10.2. The number of halogens is 3. The molecule has 0 fully saturated rings. The maximum Gasteiger partial charge on any atom is 0.423 e. The average molecular weight is 483 g/mol. The minimum atomic E-state index is -4.87. The molecule has 1 amide bonds. The molecule has 35 heavy (non-hydrogen) atoms. The van der Waals surface area contributed by atoms with Crippen LogP contribution in [0.1, 0.15) is 0 Å². The number of amides is 1. The van der Waals surface area contributed by atoms with Gasteiger partial charge in [0.25, 0.3) is 5.91 Å². The van der Waals surface area contributed by atoms with Crippen LogP contribution in [-0.4, -0.2) is 35.8 Å². The number of anilines is 1. The number of nitrogens with one attached hydrogen (secondary N) is 1. The Morgan fingerprint density at radius 1 is 1.03 bits per heavy atom. The van der Waals surface area contributed by atoms with E-state index in [0.717, 1.165) is 9.08 Å². The molecular formula is C22H16F3N7O3. The summed E-state index contributed by atoms with van der Waals surface area (Å²) in [5.74, 6) is -1.51. The van der Waals surface area contributed by atoms with Crippen LogP contribution in [0.15, 0.2) is 69.5 Å². The molecule has 0 saturated carbocycles. The second-order valence-corrected chi connectivity index (χ2v) is 7.83. The van der Waals surface area contributed by atoms with Gasteiger partial charge in [0.15, 0.2) is 5.65 Å². The zero-order valence-corrected chi connectivity index (χ0v) is 18.0. The molecule has 4 aromatic rings. The van der Waals surface area contributed by atoms with Crippen molar-refractivity contribution in [3.63, 3.8) is 0 Å². The fourth-order valence-electron chi connectivity index (χ4n) is 3.92. The van der Waals surface area contributed by atoms with Crippen molar-refractivity contribution < 1.29 is 18.0 Å². The second kappa shape index (κ2) is 7.68. The molecule has 178 valence electrons. The van der Waals surface area contributed by atoms with Crippen LogP contribution in [-0.2, 0) is 18.4 Å². The van der Waals surface area contributed by atoms with Crippen LogP contribution in [0.5, 0.6) is 0 Å². The number of aromatic nitrogens is 5. The molecular weight excluding hydrogens is 467 g/mol. The second-order valence-electron chi connectivity index (χ2n) is 7.83. The number of rotatable bonds is 4. The van der Waals surface area contributed by atoms with Crippen LogP contribution in [0.3, 0.4) is 0 Å². The number of benzene rings is 1. The number of hydrogen-bond donors (Lipinski definition) is 2. The van der Waals surface area contributed by atoms with Crippen LogP contribution in [0.2, 0.25) is 0 Å². The number of nitrogen functional groups attached to an aromatic ring is 1. The molecule has 0 atom stereocenters. The highest BCUT2D eigenvalue weighted by Crippen LogP contribution is 2.35. The Morgan fingerprint density at radius 3 is 2.37 bits per heavy atom. The van der Waals surface area contributed by atoms with E-state index in [0.29, 0.717) is 22.4 Å². The fourth-order valence-corrected chi connectivity index (χ4v) is 3.92. The van der Waals surface area contributed by atoms with Gasteiger partial charge in [-0.3, -0.25) is 9.59 Å². The van der Waals surface area contributed by atoms with Gasteiger partial charge in [0.1, 0.15) is 5.57 Å². The number of nitrogens with two attached hydrogens (primary N) is 1. The predicted molar refractivity (Wildman–Crippen MR) is 119 cm³/mol. The summed E-state index contributed by atoms with van der Waals surface area (Å²) < 4.78 is 42.6. The normalized spacial score (nSPS) is 13.8. The van der Waals surface area contributed by atoms with E-state index in [9.17, 15) is 27.6 Å². The lowest BCUT2D eigenvalue weighted by atomic mass is 10.0. The summed E-state index contributed by atoms with van der Waals surface area (Å²) in [5, 5.41) is 6.32. The lowest BCUT2D eigenvalue weighted by Crippen LogP contribution is -2.46. The van der Waals surface area contributed by atoms with E-state index in [-0.39, 0.29) is 17.2 Å². The standard InChI is InChI=1S/C22H16F3N7O3/c1-30-9-12(7-8-14(30)33)15-17(11-5-3-2-4-6-11)28-20(26)32-18(15)29-31(21(32)35)10-13-16(19(34)27-13)22(23,24)25/h2-9H,10H2,1H3,(H2,26,28)(H,27,34). The fraction of sp³-hybridized carbons (Fsp3) is 0.136. The van der Waals surface area contributed by atoms with Crippen LogP contribution in [0, 0.1) is 0 Å². The number of fused-ring (bicyclic) bond motifs is 1.